The first-order chi connectivity index (χ1) is 10.5. The number of hydrogen-bond donors (Lipinski definition) is 0. The minimum atomic E-state index is -3.22. The van der Waals surface area contributed by atoms with E-state index >= 15 is 0 Å². The van der Waals surface area contributed by atoms with Crippen LogP contribution in [0.5, 0.6) is 0 Å². The summed E-state index contributed by atoms with van der Waals surface area (Å²) < 4.78 is 28.4. The van der Waals surface area contributed by atoms with Crippen LogP contribution in [0.25, 0.3) is 11.0 Å². The Labute approximate surface area is 132 Å². The molecule has 0 saturated heterocycles. The second kappa shape index (κ2) is 6.01. The number of aryl methyl sites for hydroxylation is 1. The van der Waals surface area contributed by atoms with E-state index < -0.39 is 10.0 Å². The third-order valence-corrected chi connectivity index (χ3v) is 6.61. The molecular formula is C16H23N3O2S. The number of para-hydroxylation sites is 2. The van der Waals surface area contributed by atoms with Crippen molar-refractivity contribution in [1.82, 2.24) is 13.9 Å². The van der Waals surface area contributed by atoms with E-state index in [2.05, 4.69) is 4.98 Å². The predicted molar refractivity (Wildman–Crippen MR) is 87.9 cm³/mol. The lowest BCUT2D eigenvalue weighted by atomic mass is 10.1. The largest absolute Gasteiger partial charge is 0.330 e. The first kappa shape index (κ1) is 15.5. The molecule has 6 heteroatoms. The fourth-order valence-electron chi connectivity index (χ4n) is 3.24. The monoisotopic (exact) mass is 321 g/mol. The Morgan fingerprint density at radius 3 is 2.64 bits per heavy atom. The van der Waals surface area contributed by atoms with Crippen molar-refractivity contribution in [2.75, 3.05) is 12.8 Å². The highest BCUT2D eigenvalue weighted by molar-refractivity contribution is 7.89. The summed E-state index contributed by atoms with van der Waals surface area (Å²) in [6.07, 6.45) is 4.40. The third kappa shape index (κ3) is 3.03. The molecule has 0 amide bonds. The highest BCUT2D eigenvalue weighted by Gasteiger charge is 2.26. The van der Waals surface area contributed by atoms with E-state index in [4.69, 9.17) is 0 Å². The highest BCUT2D eigenvalue weighted by atomic mass is 32.2. The van der Waals surface area contributed by atoms with Gasteiger partial charge >= 0.3 is 0 Å². The molecule has 0 atom stereocenters. The fourth-order valence-corrected chi connectivity index (χ4v) is 4.73. The Morgan fingerprint density at radius 2 is 1.95 bits per heavy atom. The van der Waals surface area contributed by atoms with Crippen molar-refractivity contribution >= 4 is 21.1 Å². The van der Waals surface area contributed by atoms with E-state index in [0.717, 1.165) is 42.5 Å². The average molecular weight is 321 g/mol. The van der Waals surface area contributed by atoms with Gasteiger partial charge in [0.25, 0.3) is 0 Å². The molecule has 0 spiro atoms. The summed E-state index contributed by atoms with van der Waals surface area (Å²) in [6, 6.07) is 7.86. The van der Waals surface area contributed by atoms with E-state index in [-0.39, 0.29) is 5.75 Å². The quantitative estimate of drug-likeness (QED) is 0.850. The topological polar surface area (TPSA) is 55.2 Å². The molecule has 1 saturated carbocycles. The number of aromatic nitrogens is 2. The normalized spacial score (nSPS) is 16.9. The SMILES string of the molecule is CN(Cc1nc2ccccc2n1C)S(=O)(=O)CC1CCCC1. The number of rotatable bonds is 5. The van der Waals surface area contributed by atoms with Gasteiger partial charge in [-0.25, -0.2) is 13.4 Å². The van der Waals surface area contributed by atoms with E-state index in [9.17, 15) is 8.42 Å². The van der Waals surface area contributed by atoms with Crippen LogP contribution < -0.4 is 0 Å². The first-order valence-corrected chi connectivity index (χ1v) is 9.42. The van der Waals surface area contributed by atoms with Crippen LogP contribution in [0, 0.1) is 5.92 Å². The molecule has 1 aromatic carbocycles. The van der Waals surface area contributed by atoms with Gasteiger partial charge in [-0.05, 0) is 30.9 Å². The van der Waals surface area contributed by atoms with E-state index in [0.29, 0.717) is 12.5 Å². The fraction of sp³-hybridized carbons (Fsp3) is 0.562. The Bertz CT molecular complexity index is 761. The first-order valence-electron chi connectivity index (χ1n) is 7.82. The van der Waals surface area contributed by atoms with Gasteiger partial charge in [-0.1, -0.05) is 25.0 Å². The van der Waals surface area contributed by atoms with Crippen LogP contribution in [0.3, 0.4) is 0 Å². The summed E-state index contributed by atoms with van der Waals surface area (Å²) in [7, 11) is 0.373. The summed E-state index contributed by atoms with van der Waals surface area (Å²) in [5.74, 6) is 1.37. The lowest BCUT2D eigenvalue weighted by Crippen LogP contribution is -2.32. The Balaban J connectivity index is 1.77. The maximum absolute atomic E-state index is 12.5. The number of imidazole rings is 1. The van der Waals surface area contributed by atoms with Crippen LogP contribution in [0.2, 0.25) is 0 Å². The molecule has 0 unspecified atom stereocenters. The zero-order valence-electron chi connectivity index (χ0n) is 13.2. The van der Waals surface area contributed by atoms with Crippen molar-refractivity contribution in [3.63, 3.8) is 0 Å². The molecule has 120 valence electrons. The Hall–Kier alpha value is -1.40. The van der Waals surface area contributed by atoms with Gasteiger partial charge in [0.05, 0.1) is 23.3 Å². The number of hydrogen-bond acceptors (Lipinski definition) is 3. The average Bonchev–Trinajstić information content (AvgIpc) is 3.08. The van der Waals surface area contributed by atoms with Crippen molar-refractivity contribution in [3.8, 4) is 0 Å². The van der Waals surface area contributed by atoms with E-state index in [1.807, 2.05) is 35.9 Å². The lowest BCUT2D eigenvalue weighted by Gasteiger charge is -2.19. The molecule has 0 bridgehead atoms. The van der Waals surface area contributed by atoms with Crippen LogP contribution in [0.15, 0.2) is 24.3 Å². The van der Waals surface area contributed by atoms with Gasteiger partial charge in [0, 0.05) is 14.1 Å². The molecule has 1 aromatic heterocycles. The highest BCUT2D eigenvalue weighted by Crippen LogP contribution is 2.27. The lowest BCUT2D eigenvalue weighted by molar-refractivity contribution is 0.441. The van der Waals surface area contributed by atoms with E-state index in [1.54, 1.807) is 7.05 Å². The number of nitrogens with zero attached hydrogens (tertiary/aromatic N) is 3. The van der Waals surface area contributed by atoms with Crippen molar-refractivity contribution in [3.05, 3.63) is 30.1 Å². The van der Waals surface area contributed by atoms with Crippen LogP contribution in [0.1, 0.15) is 31.5 Å². The number of benzene rings is 1. The van der Waals surface area contributed by atoms with Gasteiger partial charge < -0.3 is 4.57 Å². The summed E-state index contributed by atoms with van der Waals surface area (Å²) in [6.45, 7) is 0.320. The molecule has 1 fully saturated rings. The standard InChI is InChI=1S/C16H23N3O2S/c1-18(22(20,21)12-13-7-3-4-8-13)11-16-17-14-9-5-6-10-15(14)19(16)2/h5-6,9-10,13H,3-4,7-8,11-12H2,1-2H3. The summed E-state index contributed by atoms with van der Waals surface area (Å²) in [4.78, 5) is 4.55. The molecule has 0 radical (unpaired) electrons. The van der Waals surface area contributed by atoms with Crippen LogP contribution in [-0.4, -0.2) is 35.1 Å². The number of fused-ring (bicyclic) bond motifs is 1. The van der Waals surface area contributed by atoms with Gasteiger partial charge in [0.1, 0.15) is 5.82 Å². The predicted octanol–water partition coefficient (Wildman–Crippen LogP) is 2.53. The Kier molecular flexibility index (Phi) is 4.23. The summed E-state index contributed by atoms with van der Waals surface area (Å²) in [5.41, 5.74) is 1.93. The smallest absolute Gasteiger partial charge is 0.214 e. The summed E-state index contributed by atoms with van der Waals surface area (Å²) >= 11 is 0. The van der Waals surface area contributed by atoms with Gasteiger partial charge in [-0.15, -0.1) is 0 Å². The van der Waals surface area contributed by atoms with Crippen LogP contribution >= 0.6 is 0 Å². The molecule has 1 heterocycles. The molecule has 1 aliphatic rings. The second-order valence-electron chi connectivity index (χ2n) is 6.26. The van der Waals surface area contributed by atoms with Gasteiger partial charge in [-0.2, -0.15) is 4.31 Å². The maximum Gasteiger partial charge on any atom is 0.214 e. The van der Waals surface area contributed by atoms with Crippen LogP contribution in [-0.2, 0) is 23.6 Å². The minimum absolute atomic E-state index is 0.271. The molecule has 2 aromatic rings. The molecule has 22 heavy (non-hydrogen) atoms. The van der Waals surface area contributed by atoms with Crippen molar-refractivity contribution in [1.29, 1.82) is 0 Å². The van der Waals surface area contributed by atoms with Gasteiger partial charge in [0.2, 0.25) is 10.0 Å². The van der Waals surface area contributed by atoms with Crippen molar-refractivity contribution in [2.24, 2.45) is 13.0 Å². The minimum Gasteiger partial charge on any atom is -0.330 e. The third-order valence-electron chi connectivity index (χ3n) is 4.64. The molecule has 3 rings (SSSR count). The zero-order chi connectivity index (χ0) is 15.7. The molecular weight excluding hydrogens is 298 g/mol. The zero-order valence-corrected chi connectivity index (χ0v) is 14.0. The summed E-state index contributed by atoms with van der Waals surface area (Å²) in [5, 5.41) is 0. The van der Waals surface area contributed by atoms with Gasteiger partial charge in [0.15, 0.2) is 0 Å². The molecule has 0 N–H and O–H groups in total. The van der Waals surface area contributed by atoms with E-state index in [1.165, 1.54) is 4.31 Å². The molecule has 5 nitrogen and oxygen atoms in total. The Morgan fingerprint density at radius 1 is 1.27 bits per heavy atom. The van der Waals surface area contributed by atoms with Crippen molar-refractivity contribution in [2.45, 2.75) is 32.2 Å². The number of sulfonamides is 1. The van der Waals surface area contributed by atoms with Crippen molar-refractivity contribution < 1.29 is 8.42 Å². The maximum atomic E-state index is 12.5. The molecule has 0 aliphatic heterocycles. The second-order valence-corrected chi connectivity index (χ2v) is 8.38. The van der Waals surface area contributed by atoms with Crippen LogP contribution in [0.4, 0.5) is 0 Å². The molecule has 1 aliphatic carbocycles. The van der Waals surface area contributed by atoms with Gasteiger partial charge in [-0.3, -0.25) is 0 Å².